The van der Waals surface area contributed by atoms with Gasteiger partial charge in [-0.25, -0.2) is 0 Å². The monoisotopic (exact) mass is 353 g/mol. The van der Waals surface area contributed by atoms with Crippen molar-refractivity contribution in [2.24, 2.45) is 7.05 Å². The number of hydrogen-bond donors (Lipinski definition) is 1. The van der Waals surface area contributed by atoms with Gasteiger partial charge in [-0.2, -0.15) is 4.68 Å². The first-order valence-corrected chi connectivity index (χ1v) is 9.08. The lowest BCUT2D eigenvalue weighted by Gasteiger charge is -2.17. The Morgan fingerprint density at radius 2 is 1.72 bits per heavy atom. The van der Waals surface area contributed by atoms with Gasteiger partial charge in [0.15, 0.2) is 12.5 Å². The van der Waals surface area contributed by atoms with Gasteiger partial charge in [0, 0.05) is 18.2 Å². The van der Waals surface area contributed by atoms with Gasteiger partial charge in [0.05, 0.1) is 6.54 Å². The number of nitrogens with zero attached hydrogens (tertiary/aromatic N) is 3. The van der Waals surface area contributed by atoms with Crippen molar-refractivity contribution in [2.75, 3.05) is 6.54 Å². The van der Waals surface area contributed by atoms with Crippen LogP contribution < -0.4 is 4.90 Å². The third-order valence-electron chi connectivity index (χ3n) is 4.60. The Balaban J connectivity index is 1.87. The highest BCUT2D eigenvalue weighted by molar-refractivity contribution is 7.71. The van der Waals surface area contributed by atoms with Crippen LogP contribution in [0.15, 0.2) is 54.6 Å². The lowest BCUT2D eigenvalue weighted by Crippen LogP contribution is -3.09. The maximum absolute atomic E-state index is 5.64. The molecule has 1 aromatic heterocycles. The van der Waals surface area contributed by atoms with Crippen molar-refractivity contribution in [2.45, 2.75) is 27.1 Å². The number of rotatable bonds is 6. The van der Waals surface area contributed by atoms with Crippen LogP contribution in [0, 0.1) is 11.7 Å². The predicted molar refractivity (Wildman–Crippen MR) is 104 cm³/mol. The molecule has 0 fully saturated rings. The third kappa shape index (κ3) is 3.89. The average molecular weight is 354 g/mol. The molecule has 3 aromatic rings. The summed E-state index contributed by atoms with van der Waals surface area (Å²) in [5.41, 5.74) is 3.68. The summed E-state index contributed by atoms with van der Waals surface area (Å²) < 4.78 is 4.73. The van der Waals surface area contributed by atoms with E-state index in [0.29, 0.717) is 0 Å². The van der Waals surface area contributed by atoms with E-state index in [1.165, 1.54) is 16.0 Å². The molecule has 0 amide bonds. The predicted octanol–water partition coefficient (Wildman–Crippen LogP) is 2.99. The lowest BCUT2D eigenvalue weighted by atomic mass is 10.1. The molecule has 1 N–H and O–H groups in total. The SMILES string of the molecule is CC[NH+](Cc1ccccc1)Cn1nc(-c2ccccc2C)n(C)c1=S. The summed E-state index contributed by atoms with van der Waals surface area (Å²) in [5, 5.41) is 4.82. The van der Waals surface area contributed by atoms with Crippen molar-refractivity contribution in [3.8, 4) is 11.4 Å². The van der Waals surface area contributed by atoms with Crippen LogP contribution in [0.1, 0.15) is 18.1 Å². The van der Waals surface area contributed by atoms with Gasteiger partial charge in [0.2, 0.25) is 4.77 Å². The molecule has 5 heteroatoms. The molecule has 3 rings (SSSR count). The van der Waals surface area contributed by atoms with E-state index in [2.05, 4.69) is 56.3 Å². The Morgan fingerprint density at radius 1 is 1.04 bits per heavy atom. The van der Waals surface area contributed by atoms with Gasteiger partial charge in [-0.3, -0.25) is 0 Å². The molecule has 1 atom stereocenters. The highest BCUT2D eigenvalue weighted by Gasteiger charge is 2.15. The molecule has 0 saturated heterocycles. The molecule has 130 valence electrons. The van der Waals surface area contributed by atoms with Crippen LogP contribution in [0.25, 0.3) is 11.4 Å². The van der Waals surface area contributed by atoms with Gasteiger partial charge < -0.3 is 9.47 Å². The Morgan fingerprint density at radius 3 is 2.40 bits per heavy atom. The largest absolute Gasteiger partial charge is 0.313 e. The average Bonchev–Trinajstić information content (AvgIpc) is 2.91. The third-order valence-corrected chi connectivity index (χ3v) is 5.08. The van der Waals surface area contributed by atoms with Crippen LogP contribution in [0.2, 0.25) is 0 Å². The number of hydrogen-bond acceptors (Lipinski definition) is 2. The Labute approximate surface area is 154 Å². The number of benzene rings is 2. The number of aromatic nitrogens is 3. The lowest BCUT2D eigenvalue weighted by molar-refractivity contribution is -0.935. The van der Waals surface area contributed by atoms with E-state index in [1.54, 1.807) is 0 Å². The summed E-state index contributed by atoms with van der Waals surface area (Å²) in [5.74, 6) is 0.929. The van der Waals surface area contributed by atoms with Crippen LogP contribution in [0.4, 0.5) is 0 Å². The van der Waals surface area contributed by atoms with Crippen molar-refractivity contribution in [1.29, 1.82) is 0 Å². The second kappa shape index (κ2) is 7.76. The summed E-state index contributed by atoms with van der Waals surface area (Å²) >= 11 is 5.64. The van der Waals surface area contributed by atoms with Crippen LogP contribution in [-0.2, 0) is 20.3 Å². The highest BCUT2D eigenvalue weighted by Crippen LogP contribution is 2.20. The van der Waals surface area contributed by atoms with Gasteiger partial charge in [-0.1, -0.05) is 54.6 Å². The standard InChI is InChI=1S/C20H24N4S/c1-4-23(14-17-11-6-5-7-12-17)15-24-20(25)22(3)19(21-24)18-13-9-8-10-16(18)2/h5-13H,4,14-15H2,1-3H3/p+1. The highest BCUT2D eigenvalue weighted by atomic mass is 32.1. The summed E-state index contributed by atoms with van der Waals surface area (Å²) in [6.45, 7) is 7.07. The smallest absolute Gasteiger partial charge is 0.202 e. The normalized spacial score (nSPS) is 12.3. The molecule has 25 heavy (non-hydrogen) atoms. The molecule has 4 nitrogen and oxygen atoms in total. The molecule has 0 saturated carbocycles. The maximum atomic E-state index is 5.64. The van der Waals surface area contributed by atoms with Gasteiger partial charge in [0.1, 0.15) is 6.54 Å². The molecular weight excluding hydrogens is 328 g/mol. The molecule has 0 spiro atoms. The summed E-state index contributed by atoms with van der Waals surface area (Å²) in [6.07, 6.45) is 0. The fraction of sp³-hybridized carbons (Fsp3) is 0.300. The van der Waals surface area contributed by atoms with Gasteiger partial charge in [-0.05, 0) is 31.6 Å². The van der Waals surface area contributed by atoms with E-state index >= 15 is 0 Å². The molecule has 1 heterocycles. The molecule has 0 aliphatic rings. The maximum Gasteiger partial charge on any atom is 0.202 e. The first kappa shape index (κ1) is 17.6. The zero-order valence-electron chi connectivity index (χ0n) is 15.1. The molecule has 0 aliphatic heterocycles. The zero-order valence-corrected chi connectivity index (χ0v) is 15.9. The quantitative estimate of drug-likeness (QED) is 0.690. The zero-order chi connectivity index (χ0) is 17.8. The first-order chi connectivity index (χ1) is 12.1. The van der Waals surface area contributed by atoms with Crippen LogP contribution in [0.5, 0.6) is 0 Å². The van der Waals surface area contributed by atoms with E-state index in [9.17, 15) is 0 Å². The minimum absolute atomic E-state index is 0.761. The summed E-state index contributed by atoms with van der Waals surface area (Å²) in [4.78, 5) is 1.43. The van der Waals surface area contributed by atoms with Crippen molar-refractivity contribution in [1.82, 2.24) is 14.3 Å². The summed E-state index contributed by atoms with van der Waals surface area (Å²) in [6, 6.07) is 18.9. The van der Waals surface area contributed by atoms with Gasteiger partial charge in [-0.15, -0.1) is 5.10 Å². The summed E-state index contributed by atoms with van der Waals surface area (Å²) in [7, 11) is 2.00. The minimum atomic E-state index is 0.761. The van der Waals surface area contributed by atoms with Gasteiger partial charge >= 0.3 is 0 Å². The topological polar surface area (TPSA) is 27.2 Å². The van der Waals surface area contributed by atoms with E-state index in [4.69, 9.17) is 17.3 Å². The Hall–Kier alpha value is -2.24. The second-order valence-corrected chi connectivity index (χ2v) is 6.77. The molecule has 0 radical (unpaired) electrons. The Bertz CT molecular complexity index is 896. The number of nitrogens with one attached hydrogen (secondary N) is 1. The van der Waals surface area contributed by atoms with Crippen molar-refractivity contribution < 1.29 is 4.90 Å². The van der Waals surface area contributed by atoms with Crippen LogP contribution in [-0.4, -0.2) is 20.9 Å². The number of quaternary nitrogens is 1. The van der Waals surface area contributed by atoms with E-state index in [0.717, 1.165) is 35.9 Å². The second-order valence-electron chi connectivity index (χ2n) is 6.40. The van der Waals surface area contributed by atoms with Gasteiger partial charge in [0.25, 0.3) is 0 Å². The fourth-order valence-electron chi connectivity index (χ4n) is 3.04. The molecular formula is C20H25N4S+. The van der Waals surface area contributed by atoms with Crippen molar-refractivity contribution in [3.05, 3.63) is 70.5 Å². The number of aryl methyl sites for hydroxylation is 1. The van der Waals surface area contributed by atoms with Crippen molar-refractivity contribution in [3.63, 3.8) is 0 Å². The van der Waals surface area contributed by atoms with E-state index < -0.39 is 0 Å². The van der Waals surface area contributed by atoms with Crippen molar-refractivity contribution >= 4 is 12.2 Å². The molecule has 0 aliphatic carbocycles. The van der Waals surface area contributed by atoms with Crippen LogP contribution >= 0.6 is 12.2 Å². The molecule has 1 unspecified atom stereocenters. The van der Waals surface area contributed by atoms with E-state index in [1.807, 2.05) is 28.4 Å². The molecule has 0 bridgehead atoms. The molecule has 2 aromatic carbocycles. The van der Waals surface area contributed by atoms with Crippen LogP contribution in [0.3, 0.4) is 0 Å². The first-order valence-electron chi connectivity index (χ1n) is 8.67. The van der Waals surface area contributed by atoms with E-state index in [-0.39, 0.29) is 0 Å². The minimum Gasteiger partial charge on any atom is -0.313 e. The fourth-order valence-corrected chi connectivity index (χ4v) is 3.23. The Kier molecular flexibility index (Phi) is 5.46.